The fraction of sp³-hybridized carbons (Fsp3) is 0.125. The number of carbonyl (C=O) groups excluding carboxylic acids is 1. The zero-order valence-corrected chi connectivity index (χ0v) is 24.2. The molecule has 0 radical (unpaired) electrons. The van der Waals surface area contributed by atoms with Crippen LogP contribution in [0.4, 0.5) is 24.5 Å². The van der Waals surface area contributed by atoms with Gasteiger partial charge < -0.3 is 14.8 Å². The lowest BCUT2D eigenvalue weighted by atomic mass is 10.1. The number of nitrogens with zero attached hydrogens (tertiary/aromatic N) is 4. The van der Waals surface area contributed by atoms with Crippen molar-refractivity contribution in [2.24, 2.45) is 5.10 Å². The number of halogens is 3. The fourth-order valence-corrected chi connectivity index (χ4v) is 4.53. The molecule has 1 heterocycles. The Labute approximate surface area is 258 Å². The van der Waals surface area contributed by atoms with E-state index in [0.29, 0.717) is 5.69 Å². The number of rotatable bonds is 9. The minimum Gasteiger partial charge on any atom is -0.493 e. The lowest BCUT2D eigenvalue weighted by Crippen LogP contribution is -2.21. The smallest absolute Gasteiger partial charge is 0.416 e. The average molecular weight is 632 g/mol. The molecular formula is C32H24F3N5O6. The van der Waals surface area contributed by atoms with E-state index in [1.54, 1.807) is 43.3 Å². The van der Waals surface area contributed by atoms with Crippen LogP contribution < -0.4 is 20.3 Å². The summed E-state index contributed by atoms with van der Waals surface area (Å²) in [6, 6.07) is 20.0. The quantitative estimate of drug-likeness (QED) is 0.116. The van der Waals surface area contributed by atoms with E-state index < -0.39 is 40.4 Å². The SMILES string of the molecule is COc1cc(C=Nn2c(-c3cccc(C(F)(F)F)c3)nc3ccccc3c2=O)cc([N+](=O)[O-])c1OCC(=O)Nc1ccccc1C. The predicted molar refractivity (Wildman–Crippen MR) is 164 cm³/mol. The molecule has 14 heteroatoms. The number of carbonyl (C=O) groups is 1. The predicted octanol–water partition coefficient (Wildman–Crippen LogP) is 6.21. The molecule has 0 bridgehead atoms. The maximum Gasteiger partial charge on any atom is 0.416 e. The monoisotopic (exact) mass is 631 g/mol. The third kappa shape index (κ3) is 6.70. The number of nitro benzene ring substituents is 1. The number of anilines is 1. The Hall–Kier alpha value is -6.05. The van der Waals surface area contributed by atoms with Crippen LogP contribution in [0, 0.1) is 17.0 Å². The van der Waals surface area contributed by atoms with E-state index in [-0.39, 0.29) is 39.4 Å². The molecule has 0 atom stereocenters. The van der Waals surface area contributed by atoms with Crippen LogP contribution in [0.3, 0.4) is 0 Å². The summed E-state index contributed by atoms with van der Waals surface area (Å²) < 4.78 is 52.1. The number of hydrogen-bond donors (Lipinski definition) is 1. The first kappa shape index (κ1) is 31.4. The third-order valence-corrected chi connectivity index (χ3v) is 6.77. The highest BCUT2D eigenvalue weighted by Gasteiger charge is 2.31. The number of para-hydroxylation sites is 2. The second-order valence-electron chi connectivity index (χ2n) is 9.87. The molecule has 0 saturated carbocycles. The van der Waals surface area contributed by atoms with E-state index in [9.17, 15) is 32.9 Å². The number of alkyl halides is 3. The molecule has 0 aliphatic carbocycles. The summed E-state index contributed by atoms with van der Waals surface area (Å²) in [6.07, 6.45) is -3.55. The van der Waals surface area contributed by atoms with Gasteiger partial charge in [-0.25, -0.2) is 4.98 Å². The lowest BCUT2D eigenvalue weighted by molar-refractivity contribution is -0.385. The molecule has 234 valence electrons. The molecule has 1 aromatic heterocycles. The summed E-state index contributed by atoms with van der Waals surface area (Å²) in [5.74, 6) is -1.19. The van der Waals surface area contributed by atoms with Crippen molar-refractivity contribution >= 4 is 34.4 Å². The number of nitro groups is 1. The third-order valence-electron chi connectivity index (χ3n) is 6.77. The van der Waals surface area contributed by atoms with Gasteiger partial charge in [-0.1, -0.05) is 42.5 Å². The molecule has 46 heavy (non-hydrogen) atoms. The largest absolute Gasteiger partial charge is 0.493 e. The van der Waals surface area contributed by atoms with Crippen molar-refractivity contribution in [1.82, 2.24) is 9.66 Å². The van der Waals surface area contributed by atoms with Gasteiger partial charge in [0.15, 0.2) is 18.2 Å². The zero-order chi connectivity index (χ0) is 33.0. The van der Waals surface area contributed by atoms with E-state index in [0.717, 1.165) is 34.7 Å². The van der Waals surface area contributed by atoms with Gasteiger partial charge in [-0.3, -0.25) is 19.7 Å². The Balaban J connectivity index is 1.53. The Morgan fingerprint density at radius 3 is 2.52 bits per heavy atom. The van der Waals surface area contributed by atoms with Crippen molar-refractivity contribution in [2.45, 2.75) is 13.1 Å². The van der Waals surface area contributed by atoms with E-state index in [4.69, 9.17) is 9.47 Å². The number of nitrogens with one attached hydrogen (secondary N) is 1. The molecule has 11 nitrogen and oxygen atoms in total. The molecule has 0 aliphatic heterocycles. The number of aryl methyl sites for hydroxylation is 1. The molecular weight excluding hydrogens is 607 g/mol. The number of hydrogen-bond acceptors (Lipinski definition) is 8. The highest BCUT2D eigenvalue weighted by molar-refractivity contribution is 5.93. The van der Waals surface area contributed by atoms with Crippen molar-refractivity contribution in [3.05, 3.63) is 122 Å². The molecule has 0 fully saturated rings. The summed E-state index contributed by atoms with van der Waals surface area (Å²) in [5.41, 5.74) is -0.571. The van der Waals surface area contributed by atoms with Crippen molar-refractivity contribution in [1.29, 1.82) is 0 Å². The van der Waals surface area contributed by atoms with Crippen molar-refractivity contribution in [3.8, 4) is 22.9 Å². The van der Waals surface area contributed by atoms with Gasteiger partial charge in [-0.05, 0) is 48.9 Å². The Morgan fingerprint density at radius 1 is 1.07 bits per heavy atom. The van der Waals surface area contributed by atoms with Gasteiger partial charge in [0.2, 0.25) is 5.75 Å². The van der Waals surface area contributed by atoms with Crippen LogP contribution in [-0.4, -0.2) is 40.4 Å². The zero-order valence-electron chi connectivity index (χ0n) is 24.2. The number of fused-ring (bicyclic) bond motifs is 1. The molecule has 5 rings (SSSR count). The topological polar surface area (TPSA) is 138 Å². The van der Waals surface area contributed by atoms with E-state index in [1.165, 1.54) is 37.4 Å². The highest BCUT2D eigenvalue weighted by Crippen LogP contribution is 2.38. The summed E-state index contributed by atoms with van der Waals surface area (Å²) in [4.78, 5) is 41.7. The summed E-state index contributed by atoms with van der Waals surface area (Å²) in [5, 5.41) is 19.0. The number of aromatic nitrogens is 2. The van der Waals surface area contributed by atoms with Gasteiger partial charge in [0, 0.05) is 22.9 Å². The Morgan fingerprint density at radius 2 is 1.80 bits per heavy atom. The van der Waals surface area contributed by atoms with Crippen LogP contribution in [0.1, 0.15) is 16.7 Å². The maximum atomic E-state index is 13.5. The molecule has 5 aromatic rings. The molecule has 0 spiro atoms. The lowest BCUT2D eigenvalue weighted by Gasteiger charge is -2.13. The van der Waals surface area contributed by atoms with E-state index >= 15 is 0 Å². The fourth-order valence-electron chi connectivity index (χ4n) is 4.53. The van der Waals surface area contributed by atoms with Crippen LogP contribution in [-0.2, 0) is 11.0 Å². The first-order chi connectivity index (χ1) is 22.0. The average Bonchev–Trinajstić information content (AvgIpc) is 3.03. The Kier molecular flexibility index (Phi) is 8.80. The minimum atomic E-state index is -4.65. The van der Waals surface area contributed by atoms with Crippen LogP contribution in [0.25, 0.3) is 22.3 Å². The maximum absolute atomic E-state index is 13.5. The van der Waals surface area contributed by atoms with Crippen molar-refractivity contribution in [3.63, 3.8) is 0 Å². The minimum absolute atomic E-state index is 0.0360. The number of methoxy groups -OCH3 is 1. The second-order valence-corrected chi connectivity index (χ2v) is 9.87. The molecule has 0 aliphatic rings. The number of amides is 1. The summed E-state index contributed by atoms with van der Waals surface area (Å²) >= 11 is 0. The molecule has 4 aromatic carbocycles. The van der Waals surface area contributed by atoms with Gasteiger partial charge in [-0.2, -0.15) is 22.9 Å². The Bertz CT molecular complexity index is 2060. The molecule has 1 N–H and O–H groups in total. The van der Waals surface area contributed by atoms with Crippen molar-refractivity contribution in [2.75, 3.05) is 19.0 Å². The standard InChI is InChI=1S/C32H24F3N5O6/c1-19-8-3-5-12-24(19)37-28(41)18-46-29-26(40(43)44)14-20(15-27(29)45-2)17-36-39-30(21-9-7-10-22(16-21)32(33,34)35)38-25-13-6-4-11-23(25)31(39)42/h3-17H,18H2,1-2H3,(H,37,41). The first-order valence-corrected chi connectivity index (χ1v) is 13.5. The van der Waals surface area contributed by atoms with Crippen LogP contribution >= 0.6 is 0 Å². The highest BCUT2D eigenvalue weighted by atomic mass is 19.4. The first-order valence-electron chi connectivity index (χ1n) is 13.5. The molecule has 1 amide bonds. The van der Waals surface area contributed by atoms with Gasteiger partial charge in [0.25, 0.3) is 11.5 Å². The van der Waals surface area contributed by atoms with Crippen LogP contribution in [0.5, 0.6) is 11.5 Å². The van der Waals surface area contributed by atoms with E-state index in [2.05, 4.69) is 15.4 Å². The number of benzene rings is 4. The van der Waals surface area contributed by atoms with Crippen molar-refractivity contribution < 1.29 is 32.4 Å². The second kappa shape index (κ2) is 12.9. The van der Waals surface area contributed by atoms with Crippen LogP contribution in [0.15, 0.2) is 94.8 Å². The molecule has 0 saturated heterocycles. The van der Waals surface area contributed by atoms with Crippen LogP contribution in [0.2, 0.25) is 0 Å². The van der Waals surface area contributed by atoms with Gasteiger partial charge >= 0.3 is 11.9 Å². The molecule has 0 unspecified atom stereocenters. The van der Waals surface area contributed by atoms with Gasteiger partial charge in [-0.15, -0.1) is 0 Å². The van der Waals surface area contributed by atoms with Gasteiger partial charge in [0.1, 0.15) is 0 Å². The summed E-state index contributed by atoms with van der Waals surface area (Å²) in [7, 11) is 1.24. The van der Waals surface area contributed by atoms with E-state index in [1.807, 2.05) is 0 Å². The summed E-state index contributed by atoms with van der Waals surface area (Å²) in [6.45, 7) is 1.23. The van der Waals surface area contributed by atoms with Gasteiger partial charge in [0.05, 0.1) is 34.7 Å². The number of ether oxygens (including phenoxy) is 2. The normalized spacial score (nSPS) is 11.5.